The SMILES string of the molecule is CN(C(=O)c1ccc(Br)cc1)[C@H](CN1CC(O)C1)C1CC1. The zero-order valence-corrected chi connectivity index (χ0v) is 13.8. The highest BCUT2D eigenvalue weighted by atomic mass is 79.9. The molecule has 0 spiro atoms. The molecule has 114 valence electrons. The summed E-state index contributed by atoms with van der Waals surface area (Å²) in [6.45, 7) is 2.35. The Morgan fingerprint density at radius 1 is 1.38 bits per heavy atom. The van der Waals surface area contributed by atoms with Crippen molar-refractivity contribution in [3.05, 3.63) is 34.3 Å². The van der Waals surface area contributed by atoms with Crippen LogP contribution in [0.5, 0.6) is 0 Å². The number of likely N-dealkylation sites (tertiary alicyclic amines) is 1. The average molecular weight is 353 g/mol. The van der Waals surface area contributed by atoms with Gasteiger partial charge in [0.15, 0.2) is 0 Å². The number of nitrogens with zero attached hydrogens (tertiary/aromatic N) is 2. The van der Waals surface area contributed by atoms with Gasteiger partial charge in [-0.2, -0.15) is 0 Å². The van der Waals surface area contributed by atoms with Crippen molar-refractivity contribution in [3.63, 3.8) is 0 Å². The molecule has 21 heavy (non-hydrogen) atoms. The molecule has 1 aromatic carbocycles. The van der Waals surface area contributed by atoms with E-state index in [1.165, 1.54) is 12.8 Å². The normalized spacial score (nSPS) is 20.9. The van der Waals surface area contributed by atoms with E-state index in [4.69, 9.17) is 0 Å². The van der Waals surface area contributed by atoms with E-state index in [1.807, 2.05) is 36.2 Å². The van der Waals surface area contributed by atoms with E-state index in [1.54, 1.807) is 0 Å². The molecule has 1 N–H and O–H groups in total. The van der Waals surface area contributed by atoms with Crippen molar-refractivity contribution >= 4 is 21.8 Å². The van der Waals surface area contributed by atoms with Crippen LogP contribution in [-0.2, 0) is 0 Å². The molecule has 1 saturated carbocycles. The quantitative estimate of drug-likeness (QED) is 0.880. The number of hydrogen-bond acceptors (Lipinski definition) is 3. The van der Waals surface area contributed by atoms with Gasteiger partial charge in [-0.05, 0) is 43.0 Å². The number of carbonyl (C=O) groups excluding carboxylic acids is 1. The van der Waals surface area contributed by atoms with Crippen molar-refractivity contribution in [2.24, 2.45) is 5.92 Å². The van der Waals surface area contributed by atoms with Gasteiger partial charge in [0, 0.05) is 42.8 Å². The molecule has 0 radical (unpaired) electrons. The number of halogens is 1. The lowest BCUT2D eigenvalue weighted by Crippen LogP contribution is -2.56. The molecule has 2 fully saturated rings. The molecular formula is C16H21BrN2O2. The maximum atomic E-state index is 12.6. The van der Waals surface area contributed by atoms with Crippen molar-refractivity contribution in [2.45, 2.75) is 25.0 Å². The summed E-state index contributed by atoms with van der Waals surface area (Å²) < 4.78 is 0.981. The predicted octanol–water partition coefficient (Wildman–Crippen LogP) is 1.98. The Labute approximate surface area is 133 Å². The van der Waals surface area contributed by atoms with Crippen molar-refractivity contribution < 1.29 is 9.90 Å². The van der Waals surface area contributed by atoms with Crippen LogP contribution in [-0.4, -0.2) is 59.6 Å². The Morgan fingerprint density at radius 3 is 2.52 bits per heavy atom. The van der Waals surface area contributed by atoms with Crippen molar-refractivity contribution in [1.29, 1.82) is 0 Å². The highest BCUT2D eigenvalue weighted by molar-refractivity contribution is 9.10. The largest absolute Gasteiger partial charge is 0.390 e. The second-order valence-corrected chi connectivity index (χ2v) is 7.12. The first kappa shape index (κ1) is 15.0. The third-order valence-electron chi connectivity index (χ3n) is 4.46. The number of hydrogen-bond donors (Lipinski definition) is 1. The van der Waals surface area contributed by atoms with Crippen LogP contribution >= 0.6 is 15.9 Å². The monoisotopic (exact) mass is 352 g/mol. The molecule has 0 aromatic heterocycles. The molecular weight excluding hydrogens is 332 g/mol. The first-order chi connectivity index (χ1) is 10.0. The first-order valence-corrected chi connectivity index (χ1v) is 8.27. The van der Waals surface area contributed by atoms with Crippen molar-refractivity contribution in [2.75, 3.05) is 26.7 Å². The maximum Gasteiger partial charge on any atom is 0.253 e. The Hall–Kier alpha value is -0.910. The number of benzene rings is 1. The van der Waals surface area contributed by atoms with Gasteiger partial charge >= 0.3 is 0 Å². The van der Waals surface area contributed by atoms with Gasteiger partial charge in [0.1, 0.15) is 0 Å². The van der Waals surface area contributed by atoms with Crippen LogP contribution in [0.15, 0.2) is 28.7 Å². The van der Waals surface area contributed by atoms with Gasteiger partial charge in [0.2, 0.25) is 0 Å². The van der Waals surface area contributed by atoms with Crippen LogP contribution in [0.1, 0.15) is 23.2 Å². The first-order valence-electron chi connectivity index (χ1n) is 7.47. The molecule has 1 aliphatic carbocycles. The summed E-state index contributed by atoms with van der Waals surface area (Å²) in [7, 11) is 1.91. The fourth-order valence-electron chi connectivity index (χ4n) is 2.97. The summed E-state index contributed by atoms with van der Waals surface area (Å²) in [5.41, 5.74) is 0.731. The van der Waals surface area contributed by atoms with E-state index in [9.17, 15) is 9.90 Å². The van der Waals surface area contributed by atoms with E-state index < -0.39 is 0 Å². The maximum absolute atomic E-state index is 12.6. The number of aliphatic hydroxyl groups is 1. The van der Waals surface area contributed by atoms with Crippen LogP contribution in [0.25, 0.3) is 0 Å². The standard InChI is InChI=1S/C16H21BrN2O2/c1-18(16(21)12-4-6-13(17)7-5-12)15(11-2-3-11)10-19-8-14(20)9-19/h4-7,11,14-15,20H,2-3,8-10H2,1H3/t15-/m1/s1. The molecule has 1 aromatic rings. The number of carbonyl (C=O) groups is 1. The van der Waals surface area contributed by atoms with Gasteiger partial charge in [-0.25, -0.2) is 0 Å². The summed E-state index contributed by atoms with van der Waals surface area (Å²) in [6, 6.07) is 7.78. The summed E-state index contributed by atoms with van der Waals surface area (Å²) in [5, 5.41) is 9.41. The Kier molecular flexibility index (Phi) is 4.33. The minimum absolute atomic E-state index is 0.0838. The molecule has 1 aliphatic heterocycles. The lowest BCUT2D eigenvalue weighted by Gasteiger charge is -2.40. The molecule has 1 atom stereocenters. The fraction of sp³-hybridized carbons (Fsp3) is 0.562. The number of β-amino-alcohol motifs (C(OH)–C–C–N with tert-alkyl or cyclic N) is 1. The Morgan fingerprint density at radius 2 is 2.00 bits per heavy atom. The highest BCUT2D eigenvalue weighted by Crippen LogP contribution is 2.36. The minimum Gasteiger partial charge on any atom is -0.390 e. The molecule has 1 amide bonds. The Balaban J connectivity index is 1.66. The van der Waals surface area contributed by atoms with E-state index >= 15 is 0 Å². The molecule has 1 saturated heterocycles. The number of amides is 1. The lowest BCUT2D eigenvalue weighted by atomic mass is 10.1. The van der Waals surface area contributed by atoms with Gasteiger partial charge in [-0.1, -0.05) is 15.9 Å². The molecule has 2 aliphatic rings. The Bertz CT molecular complexity index is 510. The molecule has 5 heteroatoms. The summed E-state index contributed by atoms with van der Waals surface area (Å²) in [4.78, 5) is 16.8. The minimum atomic E-state index is -0.183. The van der Waals surface area contributed by atoms with E-state index in [2.05, 4.69) is 20.8 Å². The van der Waals surface area contributed by atoms with E-state index in [0.717, 1.165) is 29.7 Å². The summed E-state index contributed by atoms with van der Waals surface area (Å²) >= 11 is 3.39. The van der Waals surface area contributed by atoms with Crippen LogP contribution in [0.2, 0.25) is 0 Å². The van der Waals surface area contributed by atoms with Gasteiger partial charge < -0.3 is 10.0 Å². The number of rotatable bonds is 5. The third kappa shape index (κ3) is 3.47. The molecule has 1 heterocycles. The second kappa shape index (κ2) is 6.07. The predicted molar refractivity (Wildman–Crippen MR) is 85.2 cm³/mol. The van der Waals surface area contributed by atoms with Crippen LogP contribution in [0.4, 0.5) is 0 Å². The molecule has 0 bridgehead atoms. The highest BCUT2D eigenvalue weighted by Gasteiger charge is 2.39. The molecule has 4 nitrogen and oxygen atoms in total. The molecule has 3 rings (SSSR count). The van der Waals surface area contributed by atoms with Crippen LogP contribution in [0, 0.1) is 5.92 Å². The van der Waals surface area contributed by atoms with Crippen molar-refractivity contribution in [1.82, 2.24) is 9.80 Å². The van der Waals surface area contributed by atoms with Crippen LogP contribution in [0.3, 0.4) is 0 Å². The van der Waals surface area contributed by atoms with E-state index in [-0.39, 0.29) is 18.1 Å². The average Bonchev–Trinajstić information content (AvgIpc) is 3.26. The van der Waals surface area contributed by atoms with Gasteiger partial charge in [-0.15, -0.1) is 0 Å². The summed E-state index contributed by atoms with van der Waals surface area (Å²) in [5.74, 6) is 0.701. The zero-order chi connectivity index (χ0) is 15.0. The second-order valence-electron chi connectivity index (χ2n) is 6.20. The zero-order valence-electron chi connectivity index (χ0n) is 12.2. The summed E-state index contributed by atoms with van der Waals surface area (Å²) in [6.07, 6.45) is 2.23. The fourth-order valence-corrected chi connectivity index (χ4v) is 3.24. The molecule has 0 unspecified atom stereocenters. The third-order valence-corrected chi connectivity index (χ3v) is 4.99. The lowest BCUT2D eigenvalue weighted by molar-refractivity contribution is -0.0127. The number of likely N-dealkylation sites (N-methyl/N-ethyl adjacent to an activating group) is 1. The number of aliphatic hydroxyl groups excluding tert-OH is 1. The van der Waals surface area contributed by atoms with Crippen molar-refractivity contribution in [3.8, 4) is 0 Å². The smallest absolute Gasteiger partial charge is 0.253 e. The van der Waals surface area contributed by atoms with E-state index in [0.29, 0.717) is 5.92 Å². The van der Waals surface area contributed by atoms with Gasteiger partial charge in [0.25, 0.3) is 5.91 Å². The van der Waals surface area contributed by atoms with Gasteiger partial charge in [-0.3, -0.25) is 9.69 Å². The van der Waals surface area contributed by atoms with Gasteiger partial charge in [0.05, 0.1) is 6.10 Å². The van der Waals surface area contributed by atoms with Crippen LogP contribution < -0.4 is 0 Å². The topological polar surface area (TPSA) is 43.8 Å².